The highest BCUT2D eigenvalue weighted by Crippen LogP contribution is 2.15. The zero-order valence-electron chi connectivity index (χ0n) is 11.5. The summed E-state index contributed by atoms with van der Waals surface area (Å²) in [4.78, 5) is 0. The van der Waals surface area contributed by atoms with E-state index in [9.17, 15) is 5.11 Å². The van der Waals surface area contributed by atoms with E-state index in [0.29, 0.717) is 13.1 Å². The highest BCUT2D eigenvalue weighted by Gasteiger charge is 2.15. The van der Waals surface area contributed by atoms with Crippen LogP contribution in [0.2, 0.25) is 0 Å². The predicted octanol–water partition coefficient (Wildman–Crippen LogP) is 1.92. The van der Waals surface area contributed by atoms with Gasteiger partial charge in [-0.15, -0.1) is 5.10 Å². The molecule has 0 aliphatic rings. The molecule has 2 N–H and O–H groups in total. The molecule has 0 aliphatic carbocycles. The third-order valence-corrected chi connectivity index (χ3v) is 3.50. The first-order valence-electron chi connectivity index (χ1n) is 6.29. The van der Waals surface area contributed by atoms with Crippen LogP contribution in [0.15, 0.2) is 23.0 Å². The lowest BCUT2D eigenvalue weighted by Crippen LogP contribution is -2.22. The minimum Gasteiger partial charge on any atom is -0.387 e. The van der Waals surface area contributed by atoms with E-state index in [-0.39, 0.29) is 5.54 Å². The largest absolute Gasteiger partial charge is 0.387 e. The summed E-state index contributed by atoms with van der Waals surface area (Å²) in [5.41, 5.74) is 1.78. The van der Waals surface area contributed by atoms with Crippen molar-refractivity contribution in [3.05, 3.63) is 34.3 Å². The van der Waals surface area contributed by atoms with Crippen molar-refractivity contribution in [3.8, 4) is 0 Å². The maximum Gasteiger partial charge on any atom is 0.0965 e. The van der Waals surface area contributed by atoms with Crippen LogP contribution in [0.25, 0.3) is 0 Å². The van der Waals surface area contributed by atoms with Crippen molar-refractivity contribution in [1.82, 2.24) is 20.3 Å². The molecule has 5 nitrogen and oxygen atoms in total. The second-order valence-corrected chi connectivity index (χ2v) is 6.31. The Labute approximate surface area is 117 Å². The fourth-order valence-corrected chi connectivity index (χ4v) is 2.33. The number of hydrogen-bond acceptors (Lipinski definition) is 5. The van der Waals surface area contributed by atoms with E-state index < -0.39 is 6.10 Å². The molecule has 0 spiro atoms. The third kappa shape index (κ3) is 3.86. The van der Waals surface area contributed by atoms with E-state index in [2.05, 4.69) is 36.4 Å². The van der Waals surface area contributed by atoms with Crippen LogP contribution in [0.5, 0.6) is 0 Å². The quantitative estimate of drug-likeness (QED) is 0.878. The molecule has 6 heteroatoms. The van der Waals surface area contributed by atoms with Gasteiger partial charge in [-0.1, -0.05) is 5.21 Å². The molecule has 0 saturated heterocycles. The molecule has 104 valence electrons. The highest BCUT2D eigenvalue weighted by molar-refractivity contribution is 7.07. The van der Waals surface area contributed by atoms with Crippen LogP contribution in [-0.4, -0.2) is 26.6 Å². The smallest absolute Gasteiger partial charge is 0.0965 e. The molecule has 1 atom stereocenters. The lowest BCUT2D eigenvalue weighted by atomic mass is 10.1. The van der Waals surface area contributed by atoms with Gasteiger partial charge in [0.05, 0.1) is 23.5 Å². The molecule has 0 aliphatic heterocycles. The molecule has 0 aromatic carbocycles. The van der Waals surface area contributed by atoms with Crippen LogP contribution in [0.1, 0.15) is 38.1 Å². The van der Waals surface area contributed by atoms with E-state index in [1.807, 2.05) is 27.7 Å². The van der Waals surface area contributed by atoms with Crippen LogP contribution in [0.4, 0.5) is 0 Å². The zero-order valence-corrected chi connectivity index (χ0v) is 12.3. The number of nitrogens with one attached hydrogen (secondary N) is 1. The van der Waals surface area contributed by atoms with Crippen LogP contribution < -0.4 is 5.32 Å². The van der Waals surface area contributed by atoms with Crippen LogP contribution in [0.3, 0.4) is 0 Å². The average molecular weight is 280 g/mol. The van der Waals surface area contributed by atoms with Gasteiger partial charge in [-0.25, -0.2) is 4.68 Å². The number of aromatic nitrogens is 3. The number of thiophene rings is 1. The van der Waals surface area contributed by atoms with Gasteiger partial charge in [-0.3, -0.25) is 0 Å². The monoisotopic (exact) mass is 280 g/mol. The van der Waals surface area contributed by atoms with E-state index in [1.54, 1.807) is 11.3 Å². The molecular weight excluding hydrogens is 260 g/mol. The summed E-state index contributed by atoms with van der Waals surface area (Å²) in [5, 5.41) is 25.3. The van der Waals surface area contributed by atoms with Gasteiger partial charge in [0, 0.05) is 13.1 Å². The maximum atomic E-state index is 9.92. The van der Waals surface area contributed by atoms with Gasteiger partial charge in [0.15, 0.2) is 0 Å². The normalized spacial score (nSPS) is 13.7. The Morgan fingerprint density at radius 1 is 1.47 bits per heavy atom. The minimum absolute atomic E-state index is 0.0541. The molecule has 0 bridgehead atoms. The molecule has 2 rings (SSSR count). The summed E-state index contributed by atoms with van der Waals surface area (Å²) in [5.74, 6) is 0. The Balaban J connectivity index is 1.81. The summed E-state index contributed by atoms with van der Waals surface area (Å²) >= 11 is 1.59. The number of aliphatic hydroxyl groups is 1. The Morgan fingerprint density at radius 2 is 2.26 bits per heavy atom. The molecule has 2 heterocycles. The average Bonchev–Trinajstić information content (AvgIpc) is 2.99. The summed E-state index contributed by atoms with van der Waals surface area (Å²) < 4.78 is 1.85. The number of nitrogens with zero attached hydrogens (tertiary/aromatic N) is 3. The molecule has 0 radical (unpaired) electrons. The van der Waals surface area contributed by atoms with Crippen LogP contribution >= 0.6 is 11.3 Å². The van der Waals surface area contributed by atoms with Crippen LogP contribution in [0, 0.1) is 0 Å². The minimum atomic E-state index is -0.469. The van der Waals surface area contributed by atoms with Gasteiger partial charge in [0.25, 0.3) is 0 Å². The summed E-state index contributed by atoms with van der Waals surface area (Å²) in [6, 6.07) is 1.94. The van der Waals surface area contributed by atoms with E-state index in [4.69, 9.17) is 0 Å². The molecule has 2 aromatic rings. The first-order chi connectivity index (χ1) is 8.97. The van der Waals surface area contributed by atoms with E-state index in [1.165, 1.54) is 0 Å². The maximum absolute atomic E-state index is 9.92. The standard InChI is InChI=1S/C13H20N4OS/c1-13(2,3)17-8-11(15-16-17)6-14-7-12(18)10-4-5-19-9-10/h4-5,8-9,12,14,18H,6-7H2,1-3H3. The molecular formula is C13H20N4OS. The second-order valence-electron chi connectivity index (χ2n) is 5.53. The second kappa shape index (κ2) is 5.81. The lowest BCUT2D eigenvalue weighted by Gasteiger charge is -2.17. The van der Waals surface area contributed by atoms with Gasteiger partial charge >= 0.3 is 0 Å². The molecule has 19 heavy (non-hydrogen) atoms. The molecule has 0 amide bonds. The van der Waals surface area contributed by atoms with Crippen molar-refractivity contribution < 1.29 is 5.11 Å². The van der Waals surface area contributed by atoms with Gasteiger partial charge in [0.2, 0.25) is 0 Å². The summed E-state index contributed by atoms with van der Waals surface area (Å²) in [7, 11) is 0. The Bertz CT molecular complexity index is 501. The SMILES string of the molecule is CC(C)(C)n1cc(CNCC(O)c2ccsc2)nn1. The first-order valence-corrected chi connectivity index (χ1v) is 7.23. The fraction of sp³-hybridized carbons (Fsp3) is 0.538. The van der Waals surface area contributed by atoms with Crippen molar-refractivity contribution in [3.63, 3.8) is 0 Å². The number of hydrogen-bond donors (Lipinski definition) is 2. The topological polar surface area (TPSA) is 63.0 Å². The van der Waals surface area contributed by atoms with Crippen molar-refractivity contribution in [2.45, 2.75) is 39.0 Å². The summed E-state index contributed by atoms with van der Waals surface area (Å²) in [6.07, 6.45) is 1.47. The summed E-state index contributed by atoms with van der Waals surface area (Å²) in [6.45, 7) is 7.37. The zero-order chi connectivity index (χ0) is 13.9. The number of aliphatic hydroxyl groups excluding tert-OH is 1. The van der Waals surface area contributed by atoms with Gasteiger partial charge < -0.3 is 10.4 Å². The Kier molecular flexibility index (Phi) is 4.34. The molecule has 0 saturated carbocycles. The third-order valence-electron chi connectivity index (χ3n) is 2.80. The lowest BCUT2D eigenvalue weighted by molar-refractivity contribution is 0.174. The molecule has 2 aromatic heterocycles. The van der Waals surface area contributed by atoms with Crippen LogP contribution in [-0.2, 0) is 12.1 Å². The Hall–Kier alpha value is -1.24. The predicted molar refractivity (Wildman–Crippen MR) is 76.0 cm³/mol. The van der Waals surface area contributed by atoms with Crippen molar-refractivity contribution >= 4 is 11.3 Å². The highest BCUT2D eigenvalue weighted by atomic mass is 32.1. The molecule has 1 unspecified atom stereocenters. The van der Waals surface area contributed by atoms with Crippen molar-refractivity contribution in [2.75, 3.05) is 6.54 Å². The van der Waals surface area contributed by atoms with Gasteiger partial charge in [-0.2, -0.15) is 11.3 Å². The van der Waals surface area contributed by atoms with Gasteiger partial charge in [-0.05, 0) is 43.2 Å². The van der Waals surface area contributed by atoms with Crippen molar-refractivity contribution in [1.29, 1.82) is 0 Å². The first kappa shape index (κ1) is 14.2. The van der Waals surface area contributed by atoms with E-state index in [0.717, 1.165) is 11.3 Å². The fourth-order valence-electron chi connectivity index (χ4n) is 1.63. The van der Waals surface area contributed by atoms with E-state index >= 15 is 0 Å². The molecule has 0 fully saturated rings. The number of rotatable bonds is 5. The van der Waals surface area contributed by atoms with Gasteiger partial charge in [0.1, 0.15) is 0 Å². The van der Waals surface area contributed by atoms with Crippen molar-refractivity contribution in [2.24, 2.45) is 0 Å². The Morgan fingerprint density at radius 3 is 2.84 bits per heavy atom.